The lowest BCUT2D eigenvalue weighted by Gasteiger charge is -2.05. The summed E-state index contributed by atoms with van der Waals surface area (Å²) in [5.41, 5.74) is 6.28. The molecular formula is C10H24N2. The summed E-state index contributed by atoms with van der Waals surface area (Å²) in [6.45, 7) is 12.8. The van der Waals surface area contributed by atoms with Crippen LogP contribution in [-0.2, 0) is 0 Å². The van der Waals surface area contributed by atoms with E-state index >= 15 is 0 Å². The van der Waals surface area contributed by atoms with Crippen LogP contribution in [-0.4, -0.2) is 6.04 Å². The summed E-state index contributed by atoms with van der Waals surface area (Å²) < 4.78 is 0. The van der Waals surface area contributed by atoms with Gasteiger partial charge in [0.2, 0.25) is 0 Å². The highest BCUT2D eigenvalue weighted by Gasteiger charge is 1.95. The first-order chi connectivity index (χ1) is 5.40. The van der Waals surface area contributed by atoms with E-state index in [9.17, 15) is 0 Å². The Morgan fingerprint density at radius 3 is 1.17 bits per heavy atom. The van der Waals surface area contributed by atoms with Crippen LogP contribution < -0.4 is 0 Å². The van der Waals surface area contributed by atoms with Crippen molar-refractivity contribution in [1.29, 1.82) is 5.53 Å². The fourth-order valence-corrected chi connectivity index (χ4v) is 0.943. The van der Waals surface area contributed by atoms with Crippen molar-refractivity contribution in [3.05, 3.63) is 0 Å². The van der Waals surface area contributed by atoms with Crippen LogP contribution in [0, 0.1) is 17.4 Å². The molecule has 0 unspecified atom stereocenters. The minimum absolute atomic E-state index is 0.176. The highest BCUT2D eigenvalue weighted by Crippen LogP contribution is 2.08. The van der Waals surface area contributed by atoms with Crippen molar-refractivity contribution in [2.75, 3.05) is 0 Å². The smallest absolute Gasteiger partial charge is 0.0649 e. The maximum atomic E-state index is 6.28. The molecule has 2 nitrogen and oxygen atoms in total. The predicted molar refractivity (Wildman–Crippen MR) is 54.6 cm³/mol. The third-order valence-corrected chi connectivity index (χ3v) is 1.20. The molecule has 0 aliphatic carbocycles. The van der Waals surface area contributed by atoms with E-state index in [0.29, 0.717) is 0 Å². The van der Waals surface area contributed by atoms with Gasteiger partial charge in [0, 0.05) is 0 Å². The lowest BCUT2D eigenvalue weighted by atomic mass is 10.0. The Morgan fingerprint density at radius 2 is 1.17 bits per heavy atom. The second kappa shape index (κ2) is 8.69. The molecule has 1 N–H and O–H groups in total. The molecule has 0 aromatic carbocycles. The van der Waals surface area contributed by atoms with Gasteiger partial charge in [-0.3, -0.25) is 0 Å². The lowest BCUT2D eigenvalue weighted by Crippen LogP contribution is -1.93. The molecular weight excluding hydrogens is 148 g/mol. The lowest BCUT2D eigenvalue weighted by molar-refractivity contribution is 0.469. The quantitative estimate of drug-likeness (QED) is 0.622. The van der Waals surface area contributed by atoms with Crippen LogP contribution in [0.1, 0.15) is 48.0 Å². The van der Waals surface area contributed by atoms with E-state index in [1.54, 1.807) is 0 Å². The molecule has 0 aromatic rings. The van der Waals surface area contributed by atoms with Crippen LogP contribution in [0.3, 0.4) is 0 Å². The third-order valence-electron chi connectivity index (χ3n) is 1.20. The van der Waals surface area contributed by atoms with Gasteiger partial charge < -0.3 is 0 Å². The summed E-state index contributed by atoms with van der Waals surface area (Å²) in [6.07, 6.45) is 1.36. The highest BCUT2D eigenvalue weighted by molar-refractivity contribution is 4.47. The monoisotopic (exact) mass is 172 g/mol. The highest BCUT2D eigenvalue weighted by atomic mass is 15.0. The van der Waals surface area contributed by atoms with Crippen LogP contribution in [0.15, 0.2) is 5.11 Å². The molecule has 0 atom stereocenters. The van der Waals surface area contributed by atoms with Crippen LogP contribution >= 0.6 is 0 Å². The molecule has 12 heavy (non-hydrogen) atoms. The van der Waals surface area contributed by atoms with Crippen molar-refractivity contribution >= 4 is 0 Å². The number of nitrogens with zero attached hydrogens (tertiary/aromatic N) is 1. The summed E-state index contributed by atoms with van der Waals surface area (Å²) in [7, 11) is 0. The van der Waals surface area contributed by atoms with Crippen molar-refractivity contribution in [1.82, 2.24) is 0 Å². The molecule has 0 radical (unpaired) electrons. The maximum Gasteiger partial charge on any atom is 0.0649 e. The normalized spacial score (nSPS) is 10.1. The summed E-state index contributed by atoms with van der Waals surface area (Å²) in [4.78, 5) is 0. The Labute approximate surface area is 77.3 Å². The molecule has 0 rings (SSSR count). The summed E-state index contributed by atoms with van der Waals surface area (Å²) >= 11 is 0. The van der Waals surface area contributed by atoms with Gasteiger partial charge in [-0.2, -0.15) is 5.11 Å². The number of rotatable bonds is 3. The summed E-state index contributed by atoms with van der Waals surface area (Å²) in [6, 6.07) is 0.176. The second-order valence-corrected chi connectivity index (χ2v) is 4.25. The first-order valence-corrected chi connectivity index (χ1v) is 4.76. The van der Waals surface area contributed by atoms with E-state index in [0.717, 1.165) is 11.8 Å². The molecule has 0 amide bonds. The summed E-state index contributed by atoms with van der Waals surface area (Å²) in [5.74, 6) is 1.75. The van der Waals surface area contributed by atoms with Gasteiger partial charge in [0.15, 0.2) is 0 Å². The van der Waals surface area contributed by atoms with Gasteiger partial charge in [-0.05, 0) is 32.1 Å². The van der Waals surface area contributed by atoms with Crippen LogP contribution in [0.2, 0.25) is 0 Å². The largest absolute Gasteiger partial charge is 0.210 e. The topological polar surface area (TPSA) is 36.2 Å². The maximum absolute atomic E-state index is 6.28. The third kappa shape index (κ3) is 22.6. The Kier molecular flexibility index (Phi) is 10.2. The minimum Gasteiger partial charge on any atom is -0.210 e. The van der Waals surface area contributed by atoms with Gasteiger partial charge in [0.05, 0.1) is 6.04 Å². The number of hydrogen-bond donors (Lipinski definition) is 1. The van der Waals surface area contributed by atoms with Crippen molar-refractivity contribution in [3.63, 3.8) is 0 Å². The predicted octanol–water partition coefficient (Wildman–Crippen LogP) is 4.11. The zero-order chi connectivity index (χ0) is 10.1. The molecule has 0 fully saturated rings. The SMILES string of the molecule is CC(C)CC(C)C.CC(C)N=N. The van der Waals surface area contributed by atoms with E-state index in [1.165, 1.54) is 6.42 Å². The molecule has 0 saturated heterocycles. The molecule has 0 aromatic heterocycles. The van der Waals surface area contributed by atoms with E-state index in [-0.39, 0.29) is 6.04 Å². The fourth-order valence-electron chi connectivity index (χ4n) is 0.943. The van der Waals surface area contributed by atoms with Crippen LogP contribution in [0.25, 0.3) is 0 Å². The molecule has 2 heteroatoms. The standard InChI is InChI=1S/C7H16.C3H8N2/c1-6(2)5-7(3)4;1-3(2)5-4/h6-7H,5H2,1-4H3;3-4H,1-2H3. The first kappa shape index (κ1) is 14.1. The Morgan fingerprint density at radius 1 is 0.917 bits per heavy atom. The van der Waals surface area contributed by atoms with Crippen molar-refractivity contribution in [2.45, 2.75) is 54.0 Å². The van der Waals surface area contributed by atoms with Crippen LogP contribution in [0.5, 0.6) is 0 Å². The van der Waals surface area contributed by atoms with Gasteiger partial charge in [-0.25, -0.2) is 5.53 Å². The molecule has 0 aliphatic rings. The average Bonchev–Trinajstić information content (AvgIpc) is 1.85. The molecule has 0 aliphatic heterocycles. The first-order valence-electron chi connectivity index (χ1n) is 4.76. The number of nitrogens with one attached hydrogen (secondary N) is 1. The molecule has 0 bridgehead atoms. The van der Waals surface area contributed by atoms with E-state index in [2.05, 4.69) is 32.8 Å². The van der Waals surface area contributed by atoms with Gasteiger partial charge in [0.25, 0.3) is 0 Å². The fraction of sp³-hybridized carbons (Fsp3) is 1.00. The Hall–Kier alpha value is -0.400. The van der Waals surface area contributed by atoms with Gasteiger partial charge in [-0.1, -0.05) is 27.7 Å². The molecule has 0 heterocycles. The van der Waals surface area contributed by atoms with E-state index in [4.69, 9.17) is 5.53 Å². The van der Waals surface area contributed by atoms with Gasteiger partial charge in [-0.15, -0.1) is 0 Å². The average molecular weight is 172 g/mol. The second-order valence-electron chi connectivity index (χ2n) is 4.25. The number of hydrogen-bond acceptors (Lipinski definition) is 2. The van der Waals surface area contributed by atoms with Gasteiger partial charge >= 0.3 is 0 Å². The molecule has 0 spiro atoms. The van der Waals surface area contributed by atoms with Gasteiger partial charge in [0.1, 0.15) is 0 Å². The minimum atomic E-state index is 0.176. The zero-order valence-corrected chi connectivity index (χ0v) is 9.39. The van der Waals surface area contributed by atoms with E-state index < -0.39 is 0 Å². The van der Waals surface area contributed by atoms with E-state index in [1.807, 2.05) is 13.8 Å². The van der Waals surface area contributed by atoms with Crippen molar-refractivity contribution in [2.24, 2.45) is 17.0 Å². The molecule has 74 valence electrons. The Balaban J connectivity index is 0. The Bertz CT molecular complexity index is 90.0. The van der Waals surface area contributed by atoms with Crippen molar-refractivity contribution < 1.29 is 0 Å². The van der Waals surface area contributed by atoms with Crippen molar-refractivity contribution in [3.8, 4) is 0 Å². The summed E-state index contributed by atoms with van der Waals surface area (Å²) in [5, 5.41) is 3.14. The molecule has 0 saturated carbocycles. The van der Waals surface area contributed by atoms with Crippen LogP contribution in [0.4, 0.5) is 0 Å². The zero-order valence-electron chi connectivity index (χ0n) is 9.39.